The summed E-state index contributed by atoms with van der Waals surface area (Å²) in [4.78, 5) is 14.8. The fourth-order valence-corrected chi connectivity index (χ4v) is 2.79. The smallest absolute Gasteiger partial charge is 0.240 e. The Morgan fingerprint density at radius 2 is 2.14 bits per heavy atom. The van der Waals surface area contributed by atoms with Crippen molar-refractivity contribution in [3.63, 3.8) is 0 Å². The molecule has 2 unspecified atom stereocenters. The molecule has 1 amide bonds. The highest BCUT2D eigenvalue weighted by molar-refractivity contribution is 5.83. The summed E-state index contributed by atoms with van der Waals surface area (Å²) in [5.74, 6) is 0.191. The van der Waals surface area contributed by atoms with Gasteiger partial charge in [0, 0.05) is 26.2 Å². The van der Waals surface area contributed by atoms with Gasteiger partial charge in [0.15, 0.2) is 0 Å². The average Bonchev–Trinajstić information content (AvgIpc) is 2.54. The van der Waals surface area contributed by atoms with Crippen LogP contribution < -0.4 is 5.32 Å². The number of nitrogens with zero attached hydrogens (tertiary/aromatic N) is 1. The molecule has 0 radical (unpaired) electrons. The van der Waals surface area contributed by atoms with Gasteiger partial charge in [-0.05, 0) is 30.9 Å². The number of methoxy groups -OCH3 is 1. The Bertz CT molecular complexity index is 476. The van der Waals surface area contributed by atoms with Gasteiger partial charge in [0.05, 0.1) is 12.6 Å². The molecule has 1 aliphatic rings. The molecule has 0 aliphatic carbocycles. The second kappa shape index (κ2) is 7.57. The van der Waals surface area contributed by atoms with Crippen LogP contribution in [0, 0.1) is 0 Å². The van der Waals surface area contributed by atoms with E-state index >= 15 is 0 Å². The third kappa shape index (κ3) is 3.83. The molecule has 0 spiro atoms. The maximum absolute atomic E-state index is 12.8. The highest BCUT2D eigenvalue weighted by Gasteiger charge is 2.29. The van der Waals surface area contributed by atoms with Crippen molar-refractivity contribution in [1.82, 2.24) is 10.2 Å². The average molecular weight is 290 g/mol. The minimum atomic E-state index is -0.120. The zero-order valence-electron chi connectivity index (χ0n) is 13.3. The lowest BCUT2D eigenvalue weighted by atomic mass is 9.95. The van der Waals surface area contributed by atoms with Crippen molar-refractivity contribution in [1.29, 1.82) is 0 Å². The molecule has 0 fully saturated rings. The van der Waals surface area contributed by atoms with Crippen molar-refractivity contribution >= 4 is 5.91 Å². The second-order valence-electron chi connectivity index (χ2n) is 5.69. The van der Waals surface area contributed by atoms with E-state index in [0.717, 1.165) is 19.4 Å². The van der Waals surface area contributed by atoms with Crippen molar-refractivity contribution < 1.29 is 9.53 Å². The number of benzene rings is 1. The molecule has 0 saturated heterocycles. The largest absolute Gasteiger partial charge is 0.383 e. The highest BCUT2D eigenvalue weighted by Crippen LogP contribution is 2.18. The predicted octanol–water partition coefficient (Wildman–Crippen LogP) is 1.97. The van der Waals surface area contributed by atoms with Crippen LogP contribution in [0.2, 0.25) is 0 Å². The molecule has 0 saturated carbocycles. The van der Waals surface area contributed by atoms with Crippen LogP contribution in [-0.2, 0) is 22.5 Å². The van der Waals surface area contributed by atoms with Crippen molar-refractivity contribution in [3.8, 4) is 0 Å². The van der Waals surface area contributed by atoms with Crippen LogP contribution in [0.4, 0.5) is 0 Å². The number of amides is 1. The summed E-state index contributed by atoms with van der Waals surface area (Å²) in [5, 5.41) is 3.38. The number of carbonyl (C=O) groups is 1. The predicted molar refractivity (Wildman–Crippen MR) is 84.1 cm³/mol. The summed E-state index contributed by atoms with van der Waals surface area (Å²) in [7, 11) is 1.67. The van der Waals surface area contributed by atoms with E-state index in [1.54, 1.807) is 7.11 Å². The molecule has 1 aromatic carbocycles. The summed E-state index contributed by atoms with van der Waals surface area (Å²) in [5.41, 5.74) is 2.58. The van der Waals surface area contributed by atoms with E-state index in [1.165, 1.54) is 11.1 Å². The number of nitrogens with one attached hydrogen (secondary N) is 1. The Labute approximate surface area is 127 Å². The molecule has 2 atom stereocenters. The van der Waals surface area contributed by atoms with Gasteiger partial charge in [-0.1, -0.05) is 31.2 Å². The van der Waals surface area contributed by atoms with Crippen molar-refractivity contribution in [2.45, 2.75) is 45.3 Å². The third-order valence-electron chi connectivity index (χ3n) is 4.32. The number of hydrogen-bond acceptors (Lipinski definition) is 3. The lowest BCUT2D eigenvalue weighted by Crippen LogP contribution is -2.52. The molecule has 1 aromatic rings. The Morgan fingerprint density at radius 3 is 2.81 bits per heavy atom. The van der Waals surface area contributed by atoms with Gasteiger partial charge in [-0.2, -0.15) is 0 Å². The molecule has 0 aromatic heterocycles. The van der Waals surface area contributed by atoms with E-state index in [-0.39, 0.29) is 18.0 Å². The highest BCUT2D eigenvalue weighted by atomic mass is 16.5. The lowest BCUT2D eigenvalue weighted by molar-refractivity contribution is -0.136. The van der Waals surface area contributed by atoms with Crippen molar-refractivity contribution in [2.75, 3.05) is 20.3 Å². The summed E-state index contributed by atoms with van der Waals surface area (Å²) in [6.07, 6.45) is 1.73. The first-order valence-electron chi connectivity index (χ1n) is 7.77. The number of fused-ring (bicyclic) bond motifs is 1. The number of ether oxygens (including phenoxy) is 1. The Morgan fingerprint density at radius 1 is 1.43 bits per heavy atom. The van der Waals surface area contributed by atoms with Gasteiger partial charge in [-0.25, -0.2) is 0 Å². The van der Waals surface area contributed by atoms with Gasteiger partial charge in [-0.15, -0.1) is 0 Å². The molecule has 2 rings (SSSR count). The number of hydrogen-bond donors (Lipinski definition) is 1. The van der Waals surface area contributed by atoms with E-state index < -0.39 is 0 Å². The third-order valence-corrected chi connectivity index (χ3v) is 4.32. The van der Waals surface area contributed by atoms with Crippen LogP contribution >= 0.6 is 0 Å². The standard InChI is InChI=1S/C17H26N2O2/c1-4-13(2)19(9-10-21-3)17(20)16-11-14-7-5-6-8-15(14)12-18-16/h5-8,13,16,18H,4,9-12H2,1-3H3. The van der Waals surface area contributed by atoms with E-state index in [9.17, 15) is 4.79 Å². The SMILES string of the molecule is CCC(C)N(CCOC)C(=O)C1Cc2ccccc2CN1. The monoisotopic (exact) mass is 290 g/mol. The van der Waals surface area contributed by atoms with Crippen LogP contribution in [0.15, 0.2) is 24.3 Å². The van der Waals surface area contributed by atoms with Gasteiger partial charge < -0.3 is 15.0 Å². The maximum Gasteiger partial charge on any atom is 0.240 e. The fraction of sp³-hybridized carbons (Fsp3) is 0.588. The zero-order chi connectivity index (χ0) is 15.2. The van der Waals surface area contributed by atoms with E-state index in [1.807, 2.05) is 17.0 Å². The quantitative estimate of drug-likeness (QED) is 0.871. The molecule has 1 aliphatic heterocycles. The van der Waals surface area contributed by atoms with Gasteiger partial charge >= 0.3 is 0 Å². The molecule has 116 valence electrons. The Kier molecular flexibility index (Phi) is 5.76. The van der Waals surface area contributed by atoms with Crippen molar-refractivity contribution in [3.05, 3.63) is 35.4 Å². The van der Waals surface area contributed by atoms with Crippen LogP contribution in [0.1, 0.15) is 31.4 Å². The lowest BCUT2D eigenvalue weighted by Gasteiger charge is -2.34. The second-order valence-corrected chi connectivity index (χ2v) is 5.69. The first-order valence-corrected chi connectivity index (χ1v) is 7.77. The molecule has 1 heterocycles. The first kappa shape index (κ1) is 16.0. The molecular weight excluding hydrogens is 264 g/mol. The van der Waals surface area contributed by atoms with Gasteiger partial charge in [0.25, 0.3) is 0 Å². The maximum atomic E-state index is 12.8. The Balaban J connectivity index is 2.07. The molecule has 21 heavy (non-hydrogen) atoms. The van der Waals surface area contributed by atoms with Crippen LogP contribution in [0.25, 0.3) is 0 Å². The van der Waals surface area contributed by atoms with E-state index in [2.05, 4.69) is 31.3 Å². The molecule has 4 heteroatoms. The van der Waals surface area contributed by atoms with Gasteiger partial charge in [0.1, 0.15) is 0 Å². The first-order chi connectivity index (χ1) is 10.2. The van der Waals surface area contributed by atoms with Crippen LogP contribution in [-0.4, -0.2) is 43.2 Å². The summed E-state index contributed by atoms with van der Waals surface area (Å²) in [6.45, 7) is 6.22. The van der Waals surface area contributed by atoms with Crippen molar-refractivity contribution in [2.24, 2.45) is 0 Å². The van der Waals surface area contributed by atoms with E-state index in [0.29, 0.717) is 13.2 Å². The minimum Gasteiger partial charge on any atom is -0.383 e. The van der Waals surface area contributed by atoms with Gasteiger partial charge in [-0.3, -0.25) is 4.79 Å². The number of rotatable bonds is 6. The number of carbonyl (C=O) groups excluding carboxylic acids is 1. The fourth-order valence-electron chi connectivity index (χ4n) is 2.79. The normalized spacial score (nSPS) is 18.9. The Hall–Kier alpha value is -1.39. The van der Waals surface area contributed by atoms with Crippen LogP contribution in [0.5, 0.6) is 0 Å². The molecular formula is C17H26N2O2. The van der Waals surface area contributed by atoms with E-state index in [4.69, 9.17) is 4.74 Å². The minimum absolute atomic E-state index is 0.120. The molecule has 4 nitrogen and oxygen atoms in total. The topological polar surface area (TPSA) is 41.6 Å². The summed E-state index contributed by atoms with van der Waals surface area (Å²) in [6, 6.07) is 8.47. The zero-order valence-corrected chi connectivity index (χ0v) is 13.3. The summed E-state index contributed by atoms with van der Waals surface area (Å²) < 4.78 is 5.15. The summed E-state index contributed by atoms with van der Waals surface area (Å²) >= 11 is 0. The van der Waals surface area contributed by atoms with Crippen LogP contribution in [0.3, 0.4) is 0 Å². The molecule has 1 N–H and O–H groups in total. The van der Waals surface area contributed by atoms with Gasteiger partial charge in [0.2, 0.25) is 5.91 Å². The molecule has 0 bridgehead atoms.